The summed E-state index contributed by atoms with van der Waals surface area (Å²) < 4.78 is 4.62. The summed E-state index contributed by atoms with van der Waals surface area (Å²) in [5.41, 5.74) is 0. The van der Waals surface area contributed by atoms with E-state index < -0.39 is 0 Å². The van der Waals surface area contributed by atoms with Gasteiger partial charge >= 0.3 is 5.97 Å². The second-order valence-electron chi connectivity index (χ2n) is 1.51. The number of cyclic esters (lactones) is 1. The van der Waals surface area contributed by atoms with E-state index in [4.69, 9.17) is 0 Å². The van der Waals surface area contributed by atoms with Crippen molar-refractivity contribution >= 4 is 21.9 Å². The summed E-state index contributed by atoms with van der Waals surface area (Å²) in [7, 11) is 0. The molecule has 1 aliphatic rings. The van der Waals surface area contributed by atoms with Crippen LogP contribution in [0.5, 0.6) is 0 Å². The molecule has 0 bridgehead atoms. The number of hydrogen-bond donors (Lipinski definition) is 0. The highest BCUT2D eigenvalue weighted by Crippen LogP contribution is 2.06. The fraction of sp³-hybridized carbons (Fsp3) is 0.400. The average molecular weight is 177 g/mol. The van der Waals surface area contributed by atoms with Gasteiger partial charge in [-0.05, 0) is 0 Å². The fourth-order valence-electron chi connectivity index (χ4n) is 0.448. The number of ether oxygens (including phenoxy) is 1. The molecule has 0 saturated carbocycles. The van der Waals surface area contributed by atoms with E-state index in [0.717, 1.165) is 0 Å². The third-order valence-electron chi connectivity index (χ3n) is 0.826. The number of esters is 1. The normalized spacial score (nSPS) is 27.6. The number of carbonyl (C=O) groups is 1. The third kappa shape index (κ3) is 1.33. The van der Waals surface area contributed by atoms with Gasteiger partial charge in [-0.3, -0.25) is 0 Å². The Morgan fingerprint density at radius 1 is 1.88 bits per heavy atom. The molecule has 0 fully saturated rings. The first-order valence-electron chi connectivity index (χ1n) is 2.28. The standard InChI is InChI=1S/C5H5BrO2/c6-4-1-2-5(7)8-3-4/h1-2,4H,3H2. The van der Waals surface area contributed by atoms with Crippen molar-refractivity contribution in [2.75, 3.05) is 6.61 Å². The Balaban J connectivity index is 2.55. The maximum atomic E-state index is 10.3. The fourth-order valence-corrected chi connectivity index (χ4v) is 0.733. The van der Waals surface area contributed by atoms with Crippen LogP contribution in [0.4, 0.5) is 0 Å². The van der Waals surface area contributed by atoms with Crippen molar-refractivity contribution < 1.29 is 9.53 Å². The van der Waals surface area contributed by atoms with Crippen LogP contribution < -0.4 is 0 Å². The van der Waals surface area contributed by atoms with Crippen LogP contribution in [0.25, 0.3) is 0 Å². The molecule has 2 nitrogen and oxygen atoms in total. The quantitative estimate of drug-likeness (QED) is 0.405. The molecule has 0 aliphatic carbocycles. The van der Waals surface area contributed by atoms with E-state index >= 15 is 0 Å². The smallest absolute Gasteiger partial charge is 0.330 e. The van der Waals surface area contributed by atoms with Crippen LogP contribution in [-0.4, -0.2) is 17.4 Å². The van der Waals surface area contributed by atoms with Crippen LogP contribution in [0, 0.1) is 0 Å². The van der Waals surface area contributed by atoms with Crippen LogP contribution >= 0.6 is 15.9 Å². The minimum Gasteiger partial charge on any atom is -0.461 e. The maximum absolute atomic E-state index is 10.3. The molecule has 44 valence electrons. The predicted molar refractivity (Wildman–Crippen MR) is 32.8 cm³/mol. The van der Waals surface area contributed by atoms with E-state index in [0.29, 0.717) is 6.61 Å². The Labute approximate surface area is 55.6 Å². The monoisotopic (exact) mass is 176 g/mol. The van der Waals surface area contributed by atoms with Crippen molar-refractivity contribution in [2.24, 2.45) is 0 Å². The van der Waals surface area contributed by atoms with Gasteiger partial charge in [-0.15, -0.1) is 0 Å². The van der Waals surface area contributed by atoms with E-state index in [1.807, 2.05) is 0 Å². The van der Waals surface area contributed by atoms with Gasteiger partial charge in [-0.2, -0.15) is 0 Å². The molecule has 1 aliphatic heterocycles. The lowest BCUT2D eigenvalue weighted by Crippen LogP contribution is -2.15. The van der Waals surface area contributed by atoms with Gasteiger partial charge in [0.1, 0.15) is 6.61 Å². The molecular weight excluding hydrogens is 172 g/mol. The maximum Gasteiger partial charge on any atom is 0.330 e. The summed E-state index contributed by atoms with van der Waals surface area (Å²) in [6, 6.07) is 0. The van der Waals surface area contributed by atoms with Crippen molar-refractivity contribution in [1.29, 1.82) is 0 Å². The molecule has 1 rings (SSSR count). The number of halogens is 1. The molecule has 8 heavy (non-hydrogen) atoms. The molecule has 0 spiro atoms. The second-order valence-corrected chi connectivity index (χ2v) is 2.68. The average Bonchev–Trinajstić information content (AvgIpc) is 1.77. The van der Waals surface area contributed by atoms with Crippen molar-refractivity contribution in [1.82, 2.24) is 0 Å². The Morgan fingerprint density at radius 3 is 3.00 bits per heavy atom. The van der Waals surface area contributed by atoms with Gasteiger partial charge < -0.3 is 4.74 Å². The number of rotatable bonds is 0. The lowest BCUT2D eigenvalue weighted by Gasteiger charge is -2.08. The van der Waals surface area contributed by atoms with Gasteiger partial charge in [-0.25, -0.2) is 4.79 Å². The first kappa shape index (κ1) is 5.82. The highest BCUT2D eigenvalue weighted by atomic mass is 79.9. The Bertz CT molecular complexity index is 130. The highest BCUT2D eigenvalue weighted by molar-refractivity contribution is 9.09. The summed E-state index contributed by atoms with van der Waals surface area (Å²) in [5, 5.41) is 0. The molecule has 0 aromatic rings. The largest absolute Gasteiger partial charge is 0.461 e. The SMILES string of the molecule is O=C1C=CC(Br)CO1. The molecule has 1 heterocycles. The summed E-state index contributed by atoms with van der Waals surface area (Å²) in [4.78, 5) is 10.5. The zero-order valence-corrected chi connectivity index (χ0v) is 5.72. The second kappa shape index (κ2) is 2.31. The van der Waals surface area contributed by atoms with Crippen LogP contribution in [0.2, 0.25) is 0 Å². The summed E-state index contributed by atoms with van der Waals surface area (Å²) in [6.45, 7) is 0.454. The molecule has 0 radical (unpaired) electrons. The molecule has 3 heteroatoms. The van der Waals surface area contributed by atoms with E-state index in [1.54, 1.807) is 6.08 Å². The Hall–Kier alpha value is -0.310. The van der Waals surface area contributed by atoms with E-state index in [9.17, 15) is 4.79 Å². The van der Waals surface area contributed by atoms with Crippen molar-refractivity contribution in [3.63, 3.8) is 0 Å². The zero-order chi connectivity index (χ0) is 5.98. The molecule has 0 aromatic heterocycles. The van der Waals surface area contributed by atoms with Crippen LogP contribution in [0.3, 0.4) is 0 Å². The van der Waals surface area contributed by atoms with Crippen LogP contribution in [0.1, 0.15) is 0 Å². The molecular formula is C5H5BrO2. The number of carbonyl (C=O) groups excluding carboxylic acids is 1. The molecule has 1 unspecified atom stereocenters. The van der Waals surface area contributed by atoms with Crippen molar-refractivity contribution in [3.8, 4) is 0 Å². The topological polar surface area (TPSA) is 26.3 Å². The van der Waals surface area contributed by atoms with Gasteiger partial charge in [0.05, 0.1) is 4.83 Å². The summed E-state index contributed by atoms with van der Waals surface area (Å²) in [6.07, 6.45) is 3.19. The van der Waals surface area contributed by atoms with Gasteiger partial charge in [-0.1, -0.05) is 22.0 Å². The highest BCUT2D eigenvalue weighted by Gasteiger charge is 2.08. The molecule has 1 atom stereocenters. The number of hydrogen-bond acceptors (Lipinski definition) is 2. The minimum atomic E-state index is -0.249. The first-order valence-corrected chi connectivity index (χ1v) is 3.19. The van der Waals surface area contributed by atoms with Crippen LogP contribution in [0.15, 0.2) is 12.2 Å². The Kier molecular flexibility index (Phi) is 1.68. The zero-order valence-electron chi connectivity index (χ0n) is 4.13. The summed E-state index contributed by atoms with van der Waals surface area (Å²) in [5.74, 6) is -0.249. The molecule has 0 N–H and O–H groups in total. The summed E-state index contributed by atoms with van der Waals surface area (Å²) >= 11 is 3.25. The molecule has 0 aromatic carbocycles. The van der Waals surface area contributed by atoms with E-state index in [1.165, 1.54) is 6.08 Å². The van der Waals surface area contributed by atoms with E-state index in [2.05, 4.69) is 20.7 Å². The number of alkyl halides is 1. The lowest BCUT2D eigenvalue weighted by atomic mass is 10.3. The van der Waals surface area contributed by atoms with Gasteiger partial charge in [0.2, 0.25) is 0 Å². The predicted octanol–water partition coefficient (Wildman–Crippen LogP) is 0.863. The van der Waals surface area contributed by atoms with Crippen molar-refractivity contribution in [3.05, 3.63) is 12.2 Å². The first-order chi connectivity index (χ1) is 3.79. The van der Waals surface area contributed by atoms with Gasteiger partial charge in [0.25, 0.3) is 0 Å². The van der Waals surface area contributed by atoms with Crippen LogP contribution in [-0.2, 0) is 9.53 Å². The third-order valence-corrected chi connectivity index (χ3v) is 1.40. The van der Waals surface area contributed by atoms with Crippen molar-refractivity contribution in [2.45, 2.75) is 4.83 Å². The lowest BCUT2D eigenvalue weighted by molar-refractivity contribution is -0.138. The van der Waals surface area contributed by atoms with Gasteiger partial charge in [0, 0.05) is 6.08 Å². The van der Waals surface area contributed by atoms with Gasteiger partial charge in [0.15, 0.2) is 0 Å². The molecule has 0 amide bonds. The molecule has 0 saturated heterocycles. The Morgan fingerprint density at radius 2 is 2.62 bits per heavy atom. The minimum absolute atomic E-state index is 0.209. The van der Waals surface area contributed by atoms with E-state index in [-0.39, 0.29) is 10.8 Å².